The molecule has 108 valence electrons. The minimum Gasteiger partial charge on any atom is -0.376 e. The predicted octanol–water partition coefficient (Wildman–Crippen LogP) is 1.55. The van der Waals surface area contributed by atoms with Crippen LogP contribution in [0.3, 0.4) is 0 Å². The average Bonchev–Trinajstić information content (AvgIpc) is 2.68. The molecule has 2 rings (SSSR count). The van der Waals surface area contributed by atoms with E-state index in [1.165, 1.54) is 0 Å². The molecule has 0 bridgehead atoms. The first kappa shape index (κ1) is 15.0. The second-order valence-electron chi connectivity index (χ2n) is 5.35. The number of hydrogen-bond acceptors (Lipinski definition) is 4. The van der Waals surface area contributed by atoms with Gasteiger partial charge < -0.3 is 4.74 Å². The van der Waals surface area contributed by atoms with Gasteiger partial charge in [-0.2, -0.15) is 5.26 Å². The van der Waals surface area contributed by atoms with Gasteiger partial charge in [0.05, 0.1) is 29.0 Å². The highest BCUT2D eigenvalue weighted by molar-refractivity contribution is 7.88. The molecule has 1 aromatic rings. The van der Waals surface area contributed by atoms with Crippen molar-refractivity contribution in [1.29, 1.82) is 5.26 Å². The van der Waals surface area contributed by atoms with Gasteiger partial charge in [-0.25, -0.2) is 13.1 Å². The summed E-state index contributed by atoms with van der Waals surface area (Å²) in [5.41, 5.74) is 0.626. The Morgan fingerprint density at radius 1 is 1.45 bits per heavy atom. The molecule has 0 aliphatic carbocycles. The Kier molecular flexibility index (Phi) is 4.14. The standard InChI is InChI=1S/C14H18N2O3S/c1-11-14(2,7-8-19-11)16-20(17,18)10-13-5-3-12(9-15)4-6-13/h3-6,11,16H,7-8,10H2,1-2H3. The van der Waals surface area contributed by atoms with Gasteiger partial charge in [-0.05, 0) is 38.0 Å². The van der Waals surface area contributed by atoms with Gasteiger partial charge in [0, 0.05) is 6.61 Å². The molecule has 20 heavy (non-hydrogen) atoms. The highest BCUT2D eigenvalue weighted by Crippen LogP contribution is 2.26. The number of nitrogens with one attached hydrogen (secondary N) is 1. The number of hydrogen-bond donors (Lipinski definition) is 1. The molecule has 0 spiro atoms. The van der Waals surface area contributed by atoms with Gasteiger partial charge in [-0.15, -0.1) is 0 Å². The van der Waals surface area contributed by atoms with Crippen LogP contribution in [0.15, 0.2) is 24.3 Å². The molecular weight excluding hydrogens is 276 g/mol. The molecule has 1 aromatic carbocycles. The topological polar surface area (TPSA) is 79.2 Å². The maximum Gasteiger partial charge on any atom is 0.216 e. The second-order valence-corrected chi connectivity index (χ2v) is 7.07. The summed E-state index contributed by atoms with van der Waals surface area (Å²) in [5, 5.41) is 8.72. The fraction of sp³-hybridized carbons (Fsp3) is 0.500. The fourth-order valence-electron chi connectivity index (χ4n) is 2.26. The van der Waals surface area contributed by atoms with Crippen molar-refractivity contribution in [3.05, 3.63) is 35.4 Å². The molecule has 0 amide bonds. The monoisotopic (exact) mass is 294 g/mol. The normalized spacial score (nSPS) is 26.4. The van der Waals surface area contributed by atoms with Gasteiger partial charge in [-0.3, -0.25) is 0 Å². The van der Waals surface area contributed by atoms with Crippen molar-refractivity contribution < 1.29 is 13.2 Å². The minimum atomic E-state index is -3.44. The number of rotatable bonds is 4. The third-order valence-corrected chi connectivity index (χ3v) is 5.21. The number of sulfonamides is 1. The van der Waals surface area contributed by atoms with E-state index >= 15 is 0 Å². The van der Waals surface area contributed by atoms with E-state index < -0.39 is 15.6 Å². The molecule has 1 aliphatic rings. The third kappa shape index (κ3) is 3.37. The summed E-state index contributed by atoms with van der Waals surface area (Å²) < 4.78 is 32.6. The van der Waals surface area contributed by atoms with Gasteiger partial charge in [0.15, 0.2) is 0 Å². The van der Waals surface area contributed by atoms with E-state index in [2.05, 4.69) is 4.72 Å². The van der Waals surface area contributed by atoms with E-state index in [-0.39, 0.29) is 11.9 Å². The van der Waals surface area contributed by atoms with Crippen LogP contribution in [0.1, 0.15) is 31.4 Å². The van der Waals surface area contributed by atoms with Crippen LogP contribution in [-0.2, 0) is 20.5 Å². The largest absolute Gasteiger partial charge is 0.376 e. The van der Waals surface area contributed by atoms with Gasteiger partial charge >= 0.3 is 0 Å². The number of ether oxygens (including phenoxy) is 1. The zero-order valence-corrected chi connectivity index (χ0v) is 12.4. The Labute approximate surface area is 119 Å². The highest BCUT2D eigenvalue weighted by atomic mass is 32.2. The quantitative estimate of drug-likeness (QED) is 0.913. The number of benzene rings is 1. The van der Waals surface area contributed by atoms with Crippen molar-refractivity contribution in [2.24, 2.45) is 0 Å². The molecule has 2 atom stereocenters. The first-order valence-corrected chi connectivity index (χ1v) is 8.12. The van der Waals surface area contributed by atoms with Crippen LogP contribution in [0.2, 0.25) is 0 Å². The van der Waals surface area contributed by atoms with Crippen molar-refractivity contribution in [2.45, 2.75) is 37.7 Å². The van der Waals surface area contributed by atoms with Crippen LogP contribution < -0.4 is 4.72 Å². The third-order valence-electron chi connectivity index (χ3n) is 3.71. The molecule has 1 saturated heterocycles. The van der Waals surface area contributed by atoms with E-state index in [0.29, 0.717) is 24.2 Å². The molecule has 0 saturated carbocycles. The average molecular weight is 294 g/mol. The molecule has 1 N–H and O–H groups in total. The maximum absolute atomic E-state index is 12.2. The Bertz CT molecular complexity index is 619. The summed E-state index contributed by atoms with van der Waals surface area (Å²) in [5.74, 6) is -0.0962. The lowest BCUT2D eigenvalue weighted by Gasteiger charge is -2.28. The second kappa shape index (κ2) is 5.52. The molecule has 0 radical (unpaired) electrons. The molecule has 2 unspecified atom stereocenters. The van der Waals surface area contributed by atoms with Crippen LogP contribution in [0.25, 0.3) is 0 Å². The zero-order valence-electron chi connectivity index (χ0n) is 11.6. The van der Waals surface area contributed by atoms with Crippen molar-refractivity contribution in [1.82, 2.24) is 4.72 Å². The number of nitrogens with zero attached hydrogens (tertiary/aromatic N) is 1. The molecule has 5 nitrogen and oxygen atoms in total. The molecular formula is C14H18N2O3S. The first-order valence-electron chi connectivity index (χ1n) is 6.47. The lowest BCUT2D eigenvalue weighted by Crippen LogP contribution is -2.50. The van der Waals surface area contributed by atoms with Crippen LogP contribution in [0.5, 0.6) is 0 Å². The first-order chi connectivity index (χ1) is 9.35. The molecule has 1 fully saturated rings. The maximum atomic E-state index is 12.2. The van der Waals surface area contributed by atoms with Gasteiger partial charge in [0.2, 0.25) is 10.0 Å². The summed E-state index contributed by atoms with van der Waals surface area (Å²) in [7, 11) is -3.44. The van der Waals surface area contributed by atoms with Crippen molar-refractivity contribution in [3.8, 4) is 6.07 Å². The molecule has 1 aliphatic heterocycles. The Morgan fingerprint density at radius 3 is 2.60 bits per heavy atom. The summed E-state index contributed by atoms with van der Waals surface area (Å²) in [6.45, 7) is 4.30. The molecule has 1 heterocycles. The van der Waals surface area contributed by atoms with Crippen molar-refractivity contribution in [3.63, 3.8) is 0 Å². The summed E-state index contributed by atoms with van der Waals surface area (Å²) >= 11 is 0. The van der Waals surface area contributed by atoms with E-state index in [1.807, 2.05) is 19.9 Å². The SMILES string of the molecule is CC1OCCC1(C)NS(=O)(=O)Cc1ccc(C#N)cc1. The fourth-order valence-corrected chi connectivity index (χ4v) is 3.94. The Hall–Kier alpha value is -1.42. The Morgan fingerprint density at radius 2 is 2.10 bits per heavy atom. The zero-order chi connectivity index (χ0) is 14.8. The predicted molar refractivity (Wildman–Crippen MR) is 75.4 cm³/mol. The summed E-state index contributed by atoms with van der Waals surface area (Å²) in [4.78, 5) is 0. The van der Waals surface area contributed by atoms with E-state index in [1.54, 1.807) is 24.3 Å². The van der Waals surface area contributed by atoms with Crippen molar-refractivity contribution in [2.75, 3.05) is 6.61 Å². The van der Waals surface area contributed by atoms with Crippen LogP contribution in [-0.4, -0.2) is 26.7 Å². The van der Waals surface area contributed by atoms with E-state index in [0.717, 1.165) is 0 Å². The number of nitriles is 1. The van der Waals surface area contributed by atoms with Crippen LogP contribution >= 0.6 is 0 Å². The van der Waals surface area contributed by atoms with Crippen molar-refractivity contribution >= 4 is 10.0 Å². The van der Waals surface area contributed by atoms with E-state index in [4.69, 9.17) is 10.00 Å². The van der Waals surface area contributed by atoms with Crippen LogP contribution in [0, 0.1) is 11.3 Å². The highest BCUT2D eigenvalue weighted by Gasteiger charge is 2.40. The molecule has 6 heteroatoms. The lowest BCUT2D eigenvalue weighted by molar-refractivity contribution is 0.0957. The van der Waals surface area contributed by atoms with Gasteiger partial charge in [0.1, 0.15) is 0 Å². The van der Waals surface area contributed by atoms with Gasteiger partial charge in [-0.1, -0.05) is 12.1 Å². The summed E-state index contributed by atoms with van der Waals surface area (Å²) in [6.07, 6.45) is 0.527. The lowest BCUT2D eigenvalue weighted by atomic mass is 9.97. The van der Waals surface area contributed by atoms with E-state index in [9.17, 15) is 8.42 Å². The smallest absolute Gasteiger partial charge is 0.216 e. The molecule has 0 aromatic heterocycles. The Balaban J connectivity index is 2.09. The summed E-state index contributed by atoms with van der Waals surface area (Å²) in [6, 6.07) is 8.57. The van der Waals surface area contributed by atoms with Gasteiger partial charge in [0.25, 0.3) is 0 Å². The minimum absolute atomic E-state index is 0.0962. The van der Waals surface area contributed by atoms with Crippen LogP contribution in [0.4, 0.5) is 0 Å².